The molecule has 0 bridgehead atoms. The molecule has 1 saturated carbocycles. The third-order valence-corrected chi connectivity index (χ3v) is 6.36. The van der Waals surface area contributed by atoms with Crippen LogP contribution in [0.5, 0.6) is 0 Å². The number of likely N-dealkylation sites (tertiary alicyclic amines) is 1. The molecule has 0 radical (unpaired) electrons. The van der Waals surface area contributed by atoms with E-state index < -0.39 is 0 Å². The van der Waals surface area contributed by atoms with Gasteiger partial charge in [0, 0.05) is 43.0 Å². The Hall–Kier alpha value is -2.35. The lowest BCUT2D eigenvalue weighted by molar-refractivity contribution is -0.140. The van der Waals surface area contributed by atoms with Gasteiger partial charge in [-0.25, -0.2) is 0 Å². The average molecular weight is 354 g/mol. The van der Waals surface area contributed by atoms with Crippen molar-refractivity contribution >= 4 is 5.91 Å². The second-order valence-corrected chi connectivity index (χ2v) is 7.71. The van der Waals surface area contributed by atoms with Crippen LogP contribution in [0.15, 0.2) is 18.3 Å². The Labute approximate surface area is 151 Å². The van der Waals surface area contributed by atoms with Crippen molar-refractivity contribution in [2.45, 2.75) is 38.1 Å². The highest BCUT2D eigenvalue weighted by Crippen LogP contribution is 2.56. The summed E-state index contributed by atoms with van der Waals surface area (Å²) >= 11 is 0. The highest BCUT2D eigenvalue weighted by Gasteiger charge is 2.59. The van der Waals surface area contributed by atoms with Crippen molar-refractivity contribution in [1.29, 1.82) is 0 Å². The number of carbonyl (C=O) groups is 1. The van der Waals surface area contributed by atoms with Crippen LogP contribution in [0.3, 0.4) is 0 Å². The molecule has 1 amide bonds. The van der Waals surface area contributed by atoms with E-state index in [0.717, 1.165) is 38.2 Å². The van der Waals surface area contributed by atoms with Crippen LogP contribution in [0.2, 0.25) is 0 Å². The van der Waals surface area contributed by atoms with E-state index in [1.54, 1.807) is 12.3 Å². The van der Waals surface area contributed by atoms with Crippen LogP contribution in [0, 0.1) is 11.3 Å². The third kappa shape index (κ3) is 2.43. The summed E-state index contributed by atoms with van der Waals surface area (Å²) in [5, 5.41) is 13.9. The van der Waals surface area contributed by atoms with Crippen molar-refractivity contribution in [1.82, 2.24) is 30.5 Å². The minimum Gasteiger partial charge on any atom is -0.381 e. The van der Waals surface area contributed by atoms with Crippen LogP contribution in [0.25, 0.3) is 11.4 Å². The molecule has 4 heterocycles. The molecule has 2 aromatic heterocycles. The van der Waals surface area contributed by atoms with Gasteiger partial charge in [-0.1, -0.05) is 6.42 Å². The molecule has 26 heavy (non-hydrogen) atoms. The second kappa shape index (κ2) is 6.12. The summed E-state index contributed by atoms with van der Waals surface area (Å²) in [6.07, 6.45) is 7.55. The SMILES string of the molecule is O=C(c1ccc(-c2nn[nH]n2)cn1)N1CC2(CCC2)C1C1CCOCC1. The van der Waals surface area contributed by atoms with E-state index in [4.69, 9.17) is 4.74 Å². The smallest absolute Gasteiger partial charge is 0.272 e. The van der Waals surface area contributed by atoms with Crippen LogP contribution in [0.1, 0.15) is 42.6 Å². The summed E-state index contributed by atoms with van der Waals surface area (Å²) in [5.41, 5.74) is 1.60. The lowest BCUT2D eigenvalue weighted by atomic mass is 9.54. The predicted octanol–water partition coefficient (Wildman–Crippen LogP) is 1.68. The first-order chi connectivity index (χ1) is 12.8. The Balaban J connectivity index is 1.35. The molecule has 2 aliphatic heterocycles. The fourth-order valence-corrected chi connectivity index (χ4v) is 4.90. The van der Waals surface area contributed by atoms with Crippen molar-refractivity contribution in [3.8, 4) is 11.4 Å². The quantitative estimate of drug-likeness (QED) is 0.901. The largest absolute Gasteiger partial charge is 0.381 e. The Morgan fingerprint density at radius 1 is 1.27 bits per heavy atom. The summed E-state index contributed by atoms with van der Waals surface area (Å²) in [6, 6.07) is 3.94. The van der Waals surface area contributed by atoms with Gasteiger partial charge in [-0.2, -0.15) is 5.21 Å². The first-order valence-corrected chi connectivity index (χ1v) is 9.35. The maximum absolute atomic E-state index is 13.1. The molecule has 1 unspecified atom stereocenters. The molecule has 136 valence electrons. The molecule has 5 rings (SSSR count). The van der Waals surface area contributed by atoms with Crippen LogP contribution in [-0.4, -0.2) is 62.2 Å². The van der Waals surface area contributed by atoms with E-state index >= 15 is 0 Å². The molecule has 2 saturated heterocycles. The van der Waals surface area contributed by atoms with Gasteiger partial charge >= 0.3 is 0 Å². The fourth-order valence-electron chi connectivity index (χ4n) is 4.90. The molecular formula is C18H22N6O2. The molecule has 2 aromatic rings. The number of ether oxygens (including phenoxy) is 1. The second-order valence-electron chi connectivity index (χ2n) is 7.71. The molecule has 8 heteroatoms. The number of rotatable bonds is 3. The van der Waals surface area contributed by atoms with E-state index in [9.17, 15) is 4.79 Å². The summed E-state index contributed by atoms with van der Waals surface area (Å²) < 4.78 is 5.53. The van der Waals surface area contributed by atoms with Crippen molar-refractivity contribution < 1.29 is 9.53 Å². The number of amides is 1. The average Bonchev–Trinajstić information content (AvgIpc) is 3.15. The summed E-state index contributed by atoms with van der Waals surface area (Å²) in [4.78, 5) is 19.5. The number of aromatic amines is 1. The Morgan fingerprint density at radius 2 is 2.12 bits per heavy atom. The van der Waals surface area contributed by atoms with Crippen molar-refractivity contribution in [3.63, 3.8) is 0 Å². The first-order valence-electron chi connectivity index (χ1n) is 9.35. The van der Waals surface area contributed by atoms with E-state index in [1.165, 1.54) is 19.3 Å². The van der Waals surface area contributed by atoms with Gasteiger partial charge in [-0.05, 0) is 48.9 Å². The number of aromatic nitrogens is 5. The van der Waals surface area contributed by atoms with Crippen molar-refractivity contribution in [2.75, 3.05) is 19.8 Å². The van der Waals surface area contributed by atoms with E-state index in [0.29, 0.717) is 28.9 Å². The predicted molar refractivity (Wildman–Crippen MR) is 92.1 cm³/mol. The summed E-state index contributed by atoms with van der Waals surface area (Å²) in [7, 11) is 0. The Kier molecular flexibility index (Phi) is 3.74. The number of nitrogens with zero attached hydrogens (tertiary/aromatic N) is 5. The van der Waals surface area contributed by atoms with E-state index in [-0.39, 0.29) is 5.91 Å². The first kappa shape index (κ1) is 15.9. The highest BCUT2D eigenvalue weighted by molar-refractivity contribution is 5.93. The zero-order valence-electron chi connectivity index (χ0n) is 14.6. The number of hydrogen-bond donors (Lipinski definition) is 1. The van der Waals surface area contributed by atoms with Gasteiger partial charge in [-0.3, -0.25) is 9.78 Å². The zero-order chi connectivity index (χ0) is 17.6. The molecule has 1 N–H and O–H groups in total. The number of tetrazole rings is 1. The Bertz CT molecular complexity index is 781. The zero-order valence-corrected chi connectivity index (χ0v) is 14.6. The van der Waals surface area contributed by atoms with Crippen LogP contribution in [0.4, 0.5) is 0 Å². The number of H-pyrrole nitrogens is 1. The fraction of sp³-hybridized carbons (Fsp3) is 0.611. The number of nitrogens with one attached hydrogen (secondary N) is 1. The number of pyridine rings is 1. The number of hydrogen-bond acceptors (Lipinski definition) is 6. The summed E-state index contributed by atoms with van der Waals surface area (Å²) in [6.45, 7) is 2.51. The molecule has 0 aromatic carbocycles. The normalized spacial score (nSPS) is 24.9. The molecule has 1 aliphatic carbocycles. The third-order valence-electron chi connectivity index (χ3n) is 6.36. The van der Waals surface area contributed by atoms with Gasteiger partial charge in [0.15, 0.2) is 0 Å². The van der Waals surface area contributed by atoms with Gasteiger partial charge < -0.3 is 9.64 Å². The molecule has 8 nitrogen and oxygen atoms in total. The van der Waals surface area contributed by atoms with Crippen LogP contribution >= 0.6 is 0 Å². The molecule has 1 atom stereocenters. The molecule has 1 spiro atoms. The van der Waals surface area contributed by atoms with Crippen molar-refractivity contribution in [3.05, 3.63) is 24.0 Å². The van der Waals surface area contributed by atoms with Gasteiger partial charge in [0.1, 0.15) is 5.69 Å². The Morgan fingerprint density at radius 3 is 2.73 bits per heavy atom. The monoisotopic (exact) mass is 354 g/mol. The lowest BCUT2D eigenvalue weighted by Crippen LogP contribution is -2.71. The molecular weight excluding hydrogens is 332 g/mol. The van der Waals surface area contributed by atoms with Gasteiger partial charge in [-0.15, -0.1) is 10.2 Å². The minimum atomic E-state index is 0.0404. The standard InChI is InChI=1S/C18H22N6O2/c25-17(14-3-2-13(10-19-14)16-20-22-23-21-16)24-11-18(6-1-7-18)15(24)12-4-8-26-9-5-12/h2-3,10,12,15H,1,4-9,11H2,(H,20,21,22,23). The molecule has 3 aliphatic rings. The molecule has 3 fully saturated rings. The number of carbonyl (C=O) groups excluding carboxylic acids is 1. The minimum absolute atomic E-state index is 0.0404. The van der Waals surface area contributed by atoms with E-state index in [2.05, 4.69) is 30.5 Å². The lowest BCUT2D eigenvalue weighted by Gasteiger charge is -2.65. The maximum Gasteiger partial charge on any atom is 0.272 e. The van der Waals surface area contributed by atoms with Crippen LogP contribution < -0.4 is 0 Å². The van der Waals surface area contributed by atoms with E-state index in [1.807, 2.05) is 6.07 Å². The van der Waals surface area contributed by atoms with Crippen molar-refractivity contribution in [2.24, 2.45) is 11.3 Å². The maximum atomic E-state index is 13.1. The van der Waals surface area contributed by atoms with Crippen LogP contribution in [-0.2, 0) is 4.74 Å². The van der Waals surface area contributed by atoms with Gasteiger partial charge in [0.25, 0.3) is 5.91 Å². The topological polar surface area (TPSA) is 96.9 Å². The summed E-state index contributed by atoms with van der Waals surface area (Å²) in [5.74, 6) is 1.08. The van der Waals surface area contributed by atoms with Gasteiger partial charge in [0.2, 0.25) is 5.82 Å². The highest BCUT2D eigenvalue weighted by atomic mass is 16.5. The van der Waals surface area contributed by atoms with Gasteiger partial charge in [0.05, 0.1) is 0 Å².